The molecule has 0 spiro atoms. The smallest absolute Gasteiger partial charge is 0.333 e. The summed E-state index contributed by atoms with van der Waals surface area (Å²) in [4.78, 5) is 69.9. The molecule has 38 heteroatoms. The zero-order valence-electron chi connectivity index (χ0n) is 55.4. The molecule has 3 fully saturated rings. The van der Waals surface area contributed by atoms with Crippen LogP contribution in [0.5, 0.6) is 0 Å². The summed E-state index contributed by atoms with van der Waals surface area (Å²) >= 11 is 24.4. The summed E-state index contributed by atoms with van der Waals surface area (Å²) in [7, 11) is -10.6. The van der Waals surface area contributed by atoms with Crippen molar-refractivity contribution in [2.24, 2.45) is 39.1 Å². The number of thiophene rings is 2. The topological polar surface area (TPSA) is 457 Å². The van der Waals surface area contributed by atoms with Crippen molar-refractivity contribution in [3.8, 4) is 0 Å². The fourth-order valence-electron chi connectivity index (χ4n) is 12.5. The predicted octanol–water partition coefficient (Wildman–Crippen LogP) is 8.57. The van der Waals surface area contributed by atoms with E-state index in [2.05, 4.69) is 74.0 Å². The van der Waals surface area contributed by atoms with Crippen LogP contribution >= 0.6 is 73.4 Å². The number of nitrogens with one attached hydrogen (secondary N) is 2. The third-order valence-corrected chi connectivity index (χ3v) is 21.9. The van der Waals surface area contributed by atoms with Gasteiger partial charge in [0.2, 0.25) is 17.3 Å². The molecule has 3 saturated carbocycles. The quantitative estimate of drug-likeness (QED) is 0.0168. The molecule has 7 heterocycles. The number of nitrogens with two attached hydrogens (primary N) is 3. The molecular weight excluding hydrogens is 1590 g/mol. The fourth-order valence-corrected chi connectivity index (χ4v) is 16.3. The second-order valence-electron chi connectivity index (χ2n) is 25.0. The van der Waals surface area contributed by atoms with Crippen molar-refractivity contribution in [1.29, 1.82) is 0 Å². The molecule has 0 amide bonds. The zero-order chi connectivity index (χ0) is 75.3. The lowest BCUT2D eigenvalue weighted by Crippen LogP contribution is -2.24. The van der Waals surface area contributed by atoms with Gasteiger partial charge in [-0.3, -0.25) is 26.9 Å². The highest BCUT2D eigenvalue weighted by Crippen LogP contribution is 2.38. The summed E-state index contributed by atoms with van der Waals surface area (Å²) in [6, 6.07) is 25.2. The van der Waals surface area contributed by atoms with Gasteiger partial charge >= 0.3 is 30.9 Å². The van der Waals surface area contributed by atoms with Gasteiger partial charge in [-0.1, -0.05) is 69.5 Å². The Morgan fingerprint density at radius 1 is 0.610 bits per heavy atom. The van der Waals surface area contributed by atoms with Gasteiger partial charge in [-0.05, 0) is 150 Å². The van der Waals surface area contributed by atoms with Crippen molar-refractivity contribution in [3.63, 3.8) is 0 Å². The lowest BCUT2D eigenvalue weighted by Gasteiger charge is -2.16. The van der Waals surface area contributed by atoms with Crippen LogP contribution in [-0.2, 0) is 67.5 Å². The Labute approximate surface area is 635 Å². The Bertz CT molecular complexity index is 4910. The van der Waals surface area contributed by atoms with Gasteiger partial charge < -0.3 is 35.1 Å². The van der Waals surface area contributed by atoms with Crippen molar-refractivity contribution in [3.05, 3.63) is 225 Å². The van der Waals surface area contributed by atoms with Gasteiger partial charge in [-0.15, -0.1) is 22.7 Å². The number of ether oxygens (including phenoxy) is 1. The number of carbonyl (C=O) groups is 3. The molecule has 2 aromatic carbocycles. The lowest BCUT2D eigenvalue weighted by molar-refractivity contribution is 0.0998. The number of methoxy groups -OCH3 is 1. The lowest BCUT2D eigenvalue weighted by atomic mass is 9.96. The fraction of sp³-hybridized carbons (Fsp3) is 0.343. The van der Waals surface area contributed by atoms with E-state index in [4.69, 9.17) is 59.4 Å². The Kier molecular flexibility index (Phi) is 27.8. The number of anilines is 2. The number of ketones is 3. The van der Waals surface area contributed by atoms with E-state index in [1.165, 1.54) is 60.2 Å². The first-order chi connectivity index (χ1) is 49.9. The molecule has 7 aromatic heterocycles. The van der Waals surface area contributed by atoms with Crippen molar-refractivity contribution in [2.75, 3.05) is 37.6 Å². The molecular formula is C67H70BrCl3N12O17S5. The molecule has 105 heavy (non-hydrogen) atoms. The Hall–Kier alpha value is -7.08. The molecule has 12 rings (SSSR count). The largest absolute Gasteiger partial charge is 0.441 e. The summed E-state index contributed by atoms with van der Waals surface area (Å²) < 4.78 is 92.4. The minimum atomic E-state index is -4.09. The molecule has 0 aliphatic heterocycles. The second-order valence-corrected chi connectivity index (χ2v) is 32.6. The van der Waals surface area contributed by atoms with E-state index in [1.54, 1.807) is 31.4 Å². The van der Waals surface area contributed by atoms with Gasteiger partial charge in [0.05, 0.1) is 70.3 Å². The maximum absolute atomic E-state index is 13.4. The normalized spacial score (nSPS) is 20.5. The molecule has 0 radical (unpaired) electrons. The minimum absolute atomic E-state index is 0.0425. The SMILES string of the molecule is COC(c1cccc(Br)c1)c1csc(C(=O)c2cncnc2N[C@@H]2C[C@H](COS(N)(=O)=O)[C@@H](O)C2)c1.NS(=O)(=O)OC[C@H]1C[C@@H](Cc2ncncc2C(=O)c2cc(Cc3cccc(Cl)c3)c(Cl)o2)C[C@@H]1O.NS(=O)(=O)OC[C@H]1C[C@@H](Nc2ncncc2C(=O)c2cc(Cc3cccc(Cl)n3)cs2)C[C@@H]1O. The number of aliphatic hydroxyl groups excluding tert-OH is 3. The number of pyridine rings is 1. The number of carbonyl (C=O) groups excluding carboxylic acids is 3. The highest BCUT2D eigenvalue weighted by atomic mass is 79.9. The molecule has 3 aliphatic carbocycles. The monoisotopic (exact) mass is 1660 g/mol. The Morgan fingerprint density at radius 3 is 1.72 bits per heavy atom. The van der Waals surface area contributed by atoms with Crippen LogP contribution in [0.2, 0.25) is 15.4 Å². The number of aliphatic hydroxyl groups is 3. The standard InChI is InChI=1S/C23H25BrN4O6S2.C23H23Cl2N3O6S.C21H22ClN5O5S2/c1-33-22(13-3-2-4-16(24)5-13)15-7-20(35-11-15)21(30)18-9-26-12-27-23(18)28-17-6-14(19(29)8-17)10-34-36(25,31)32;24-17-3-1-2-13(6-17)4-15-9-21(34-23(15)25)22(30)18-10-27-12-28-19(18)7-14-5-16(20(29)8-14)11-33-35(26,31)32;22-19-3-1-2-14(26-19)4-12-5-18(33-10-12)20(29)16-8-24-11-25-21(16)27-15-6-13(17(28)7-15)9-32-34(23,30)31/h2-5,7,9,11-12,14,17,19,22,29H,6,8,10H2,1H3,(H2,25,31,32)(H,26,27,28);1-3,6,9-10,12,14,16,20,29H,4-5,7-8,11H2,(H2,26,31,32);1-3,5,8,10-11,13,15,17,28H,4,6-7,9H2,(H2,23,30,31)(H,24,25,27)/t14-,17-,19+,22?;14-,16+,20-;13-,15-,17+/m101/s1. The van der Waals surface area contributed by atoms with Gasteiger partial charge in [0.15, 0.2) is 11.0 Å². The van der Waals surface area contributed by atoms with Gasteiger partial charge in [-0.2, -0.15) is 25.3 Å². The van der Waals surface area contributed by atoms with Crippen LogP contribution in [0.15, 0.2) is 142 Å². The van der Waals surface area contributed by atoms with Crippen LogP contribution in [0.25, 0.3) is 0 Å². The average Bonchev–Trinajstić information content (AvgIpc) is 1.75. The first-order valence-corrected chi connectivity index (χ1v) is 40.2. The van der Waals surface area contributed by atoms with Crippen LogP contribution in [0.4, 0.5) is 11.6 Å². The molecule has 9 aromatic rings. The minimum Gasteiger partial charge on any atom is -0.441 e. The van der Waals surface area contributed by atoms with Crippen molar-refractivity contribution >= 4 is 133 Å². The number of furan rings is 1. The number of aromatic nitrogens is 7. The summed E-state index contributed by atoms with van der Waals surface area (Å²) in [6.07, 6.45) is 9.47. The van der Waals surface area contributed by atoms with Gasteiger partial charge in [-0.25, -0.2) is 50.3 Å². The highest BCUT2D eigenvalue weighted by Gasteiger charge is 2.38. The third kappa shape index (κ3) is 23.2. The average molecular weight is 1660 g/mol. The van der Waals surface area contributed by atoms with Gasteiger partial charge in [0.25, 0.3) is 0 Å². The molecule has 29 nitrogen and oxygen atoms in total. The van der Waals surface area contributed by atoms with E-state index >= 15 is 0 Å². The van der Waals surface area contributed by atoms with Gasteiger partial charge in [0, 0.05) is 89.1 Å². The number of hydrogen-bond donors (Lipinski definition) is 8. The molecule has 1 unspecified atom stereocenters. The number of nitrogens with zero attached hydrogens (tertiary/aromatic N) is 7. The van der Waals surface area contributed by atoms with Gasteiger partial charge in [0.1, 0.15) is 41.9 Å². The first kappa shape index (κ1) is 80.5. The van der Waals surface area contributed by atoms with E-state index < -0.39 is 72.8 Å². The Balaban J connectivity index is 0.000000169. The number of benzene rings is 2. The number of hydrogen-bond acceptors (Lipinski definition) is 28. The van der Waals surface area contributed by atoms with Crippen LogP contribution < -0.4 is 26.1 Å². The maximum Gasteiger partial charge on any atom is 0.333 e. The molecule has 3 aliphatic rings. The first-order valence-electron chi connectivity index (χ1n) is 32.1. The third-order valence-electron chi connectivity index (χ3n) is 17.4. The Morgan fingerprint density at radius 2 is 1.15 bits per heavy atom. The zero-order valence-corrected chi connectivity index (χ0v) is 63.4. The van der Waals surface area contributed by atoms with E-state index in [1.807, 2.05) is 71.4 Å². The second kappa shape index (κ2) is 36.2. The summed E-state index contributed by atoms with van der Waals surface area (Å²) in [5.74, 6) is -1.42. The number of rotatable bonds is 28. The molecule has 11 N–H and O–H groups in total. The van der Waals surface area contributed by atoms with E-state index in [-0.39, 0.29) is 72.0 Å². The number of halogens is 4. The highest BCUT2D eigenvalue weighted by molar-refractivity contribution is 9.10. The predicted molar refractivity (Wildman–Crippen MR) is 393 cm³/mol. The van der Waals surface area contributed by atoms with Crippen molar-refractivity contribution < 1.29 is 76.7 Å². The van der Waals surface area contributed by atoms with Crippen LogP contribution in [-0.4, -0.2) is 150 Å². The maximum atomic E-state index is 13.4. The summed E-state index contributed by atoms with van der Waals surface area (Å²) in [5.41, 5.74) is 6.47. The van der Waals surface area contributed by atoms with Crippen molar-refractivity contribution in [2.45, 2.75) is 94.3 Å². The molecule has 0 bridgehead atoms. The van der Waals surface area contributed by atoms with Crippen LogP contribution in [0.1, 0.15) is 130 Å². The van der Waals surface area contributed by atoms with Crippen LogP contribution in [0.3, 0.4) is 0 Å². The molecule has 10 atom stereocenters. The van der Waals surface area contributed by atoms with Crippen molar-refractivity contribution in [1.82, 2.24) is 34.9 Å². The van der Waals surface area contributed by atoms with E-state index in [0.717, 1.165) is 32.4 Å². The molecule has 558 valence electrons. The van der Waals surface area contributed by atoms with E-state index in [0.29, 0.717) is 112 Å². The summed E-state index contributed by atoms with van der Waals surface area (Å²) in [5, 5.41) is 56.8. The van der Waals surface area contributed by atoms with Crippen LogP contribution in [0, 0.1) is 23.7 Å². The van der Waals surface area contributed by atoms with E-state index in [9.17, 15) is 55.0 Å². The molecule has 0 saturated heterocycles. The summed E-state index contributed by atoms with van der Waals surface area (Å²) in [6.45, 7) is -0.635.